The van der Waals surface area contributed by atoms with Gasteiger partial charge in [0.15, 0.2) is 0 Å². The Bertz CT molecular complexity index is 468. The van der Waals surface area contributed by atoms with E-state index in [9.17, 15) is 4.79 Å². The van der Waals surface area contributed by atoms with Crippen LogP contribution < -0.4 is 0 Å². The average Bonchev–Trinajstić information content (AvgIpc) is 3.22. The summed E-state index contributed by atoms with van der Waals surface area (Å²) in [7, 11) is 0. The Labute approximate surface area is 113 Å². The fourth-order valence-electron chi connectivity index (χ4n) is 3.00. The fraction of sp³-hybridized carbons (Fsp3) is 0.438. The molecule has 0 spiro atoms. The molecule has 1 aliphatic heterocycles. The van der Waals surface area contributed by atoms with E-state index in [1.807, 2.05) is 18.2 Å². The Kier molecular flexibility index (Phi) is 3.38. The lowest BCUT2D eigenvalue weighted by Gasteiger charge is -2.28. The number of carbonyl (C=O) groups excluding carboxylic acids is 1. The number of esters is 1. The Morgan fingerprint density at radius 2 is 2.05 bits per heavy atom. The van der Waals surface area contributed by atoms with Crippen LogP contribution in [0.15, 0.2) is 43.0 Å². The summed E-state index contributed by atoms with van der Waals surface area (Å²) in [6, 6.07) is 10.2. The summed E-state index contributed by atoms with van der Waals surface area (Å²) in [5.41, 5.74) is 1.21. The largest absolute Gasteiger partial charge is 0.461 e. The van der Waals surface area contributed by atoms with Gasteiger partial charge in [-0.2, -0.15) is 0 Å². The number of epoxide rings is 1. The van der Waals surface area contributed by atoms with Gasteiger partial charge in [-0.3, -0.25) is 4.79 Å². The molecule has 3 heteroatoms. The van der Waals surface area contributed by atoms with Crippen molar-refractivity contribution in [3.63, 3.8) is 0 Å². The lowest BCUT2D eigenvalue weighted by atomic mass is 9.75. The van der Waals surface area contributed by atoms with Gasteiger partial charge in [0.25, 0.3) is 0 Å². The molecule has 3 nitrogen and oxygen atoms in total. The van der Waals surface area contributed by atoms with Gasteiger partial charge < -0.3 is 9.47 Å². The summed E-state index contributed by atoms with van der Waals surface area (Å²) < 4.78 is 10.8. The van der Waals surface area contributed by atoms with Crippen molar-refractivity contribution in [2.45, 2.75) is 31.0 Å². The lowest BCUT2D eigenvalue weighted by Crippen LogP contribution is -2.30. The second kappa shape index (κ2) is 5.17. The van der Waals surface area contributed by atoms with Crippen molar-refractivity contribution in [2.75, 3.05) is 6.61 Å². The van der Waals surface area contributed by atoms with Crippen LogP contribution in [0, 0.1) is 5.92 Å². The molecule has 1 heterocycles. The van der Waals surface area contributed by atoms with Crippen LogP contribution in [0.25, 0.3) is 0 Å². The van der Waals surface area contributed by atoms with Crippen LogP contribution in [0.1, 0.15) is 24.3 Å². The highest BCUT2D eigenvalue weighted by Crippen LogP contribution is 2.47. The van der Waals surface area contributed by atoms with Gasteiger partial charge in [0.2, 0.25) is 0 Å². The molecule has 2 aliphatic rings. The third-order valence-corrected chi connectivity index (χ3v) is 4.02. The maximum Gasteiger partial charge on any atom is 0.309 e. The van der Waals surface area contributed by atoms with Crippen LogP contribution >= 0.6 is 0 Å². The predicted molar refractivity (Wildman–Crippen MR) is 71.7 cm³/mol. The summed E-state index contributed by atoms with van der Waals surface area (Å²) in [6.07, 6.45) is 3.91. The van der Waals surface area contributed by atoms with Crippen LogP contribution in [0.3, 0.4) is 0 Å². The second-order valence-electron chi connectivity index (χ2n) is 5.23. The highest BCUT2D eigenvalue weighted by Gasteiger charge is 2.51. The minimum atomic E-state index is -0.122. The third-order valence-electron chi connectivity index (χ3n) is 4.02. The molecule has 1 saturated heterocycles. The SMILES string of the molecule is C=CCOC(=O)C1CC2OC2CC1c1ccccc1. The molecule has 1 aliphatic carbocycles. The minimum absolute atomic E-state index is 0.0916. The van der Waals surface area contributed by atoms with E-state index < -0.39 is 0 Å². The van der Waals surface area contributed by atoms with Gasteiger partial charge in [-0.15, -0.1) is 0 Å². The quantitative estimate of drug-likeness (QED) is 0.473. The molecular weight excluding hydrogens is 240 g/mol. The monoisotopic (exact) mass is 258 g/mol. The molecule has 2 fully saturated rings. The number of hydrogen-bond acceptors (Lipinski definition) is 3. The Morgan fingerprint density at radius 1 is 1.32 bits per heavy atom. The third kappa shape index (κ3) is 2.56. The summed E-state index contributed by atoms with van der Waals surface area (Å²) in [6.45, 7) is 3.86. The highest BCUT2D eigenvalue weighted by atomic mass is 16.6. The van der Waals surface area contributed by atoms with Crippen molar-refractivity contribution in [3.05, 3.63) is 48.6 Å². The molecule has 100 valence electrons. The number of rotatable bonds is 4. The summed E-state index contributed by atoms with van der Waals surface area (Å²) in [5, 5.41) is 0. The maximum absolute atomic E-state index is 12.2. The normalized spacial score (nSPS) is 32.2. The van der Waals surface area contributed by atoms with Crippen LogP contribution in [0.2, 0.25) is 0 Å². The first-order valence-corrected chi connectivity index (χ1v) is 6.77. The van der Waals surface area contributed by atoms with Crippen molar-refractivity contribution in [2.24, 2.45) is 5.92 Å². The fourth-order valence-corrected chi connectivity index (χ4v) is 3.00. The first kappa shape index (κ1) is 12.4. The van der Waals surface area contributed by atoms with Gasteiger partial charge in [-0.25, -0.2) is 0 Å². The number of carbonyl (C=O) groups is 1. The Hall–Kier alpha value is -1.61. The van der Waals surface area contributed by atoms with Gasteiger partial charge in [0.05, 0.1) is 18.1 Å². The Balaban J connectivity index is 1.78. The molecule has 3 rings (SSSR count). The highest BCUT2D eigenvalue weighted by molar-refractivity contribution is 5.74. The van der Waals surface area contributed by atoms with E-state index >= 15 is 0 Å². The number of fused-ring (bicyclic) bond motifs is 1. The van der Waals surface area contributed by atoms with E-state index in [1.54, 1.807) is 6.08 Å². The van der Waals surface area contributed by atoms with Crippen molar-refractivity contribution in [1.82, 2.24) is 0 Å². The Morgan fingerprint density at radius 3 is 2.79 bits per heavy atom. The second-order valence-corrected chi connectivity index (χ2v) is 5.23. The van der Waals surface area contributed by atoms with E-state index in [2.05, 4.69) is 18.7 Å². The van der Waals surface area contributed by atoms with Crippen molar-refractivity contribution >= 4 is 5.97 Å². The molecule has 19 heavy (non-hydrogen) atoms. The first-order valence-electron chi connectivity index (χ1n) is 6.77. The number of hydrogen-bond donors (Lipinski definition) is 0. The molecule has 4 atom stereocenters. The molecule has 0 bridgehead atoms. The standard InChI is InChI=1S/C16H18O3/c1-2-8-18-16(17)13-10-15-14(19-15)9-12(13)11-6-4-3-5-7-11/h2-7,12-15H,1,8-10H2. The zero-order chi connectivity index (χ0) is 13.2. The van der Waals surface area contributed by atoms with Gasteiger partial charge in [-0.05, 0) is 24.3 Å². The van der Waals surface area contributed by atoms with Crippen molar-refractivity contribution < 1.29 is 14.3 Å². The zero-order valence-electron chi connectivity index (χ0n) is 10.8. The van der Waals surface area contributed by atoms with Crippen LogP contribution in [0.5, 0.6) is 0 Å². The van der Waals surface area contributed by atoms with Crippen LogP contribution in [-0.4, -0.2) is 24.8 Å². The molecule has 4 unspecified atom stereocenters. The minimum Gasteiger partial charge on any atom is -0.461 e. The predicted octanol–water partition coefficient (Wildman–Crippen LogP) is 2.68. The summed E-state index contributed by atoms with van der Waals surface area (Å²) in [5.74, 6) is -0.00364. The molecule has 0 N–H and O–H groups in total. The molecular formula is C16H18O3. The summed E-state index contributed by atoms with van der Waals surface area (Å²) >= 11 is 0. The van der Waals surface area contributed by atoms with Crippen molar-refractivity contribution in [3.8, 4) is 0 Å². The summed E-state index contributed by atoms with van der Waals surface area (Å²) in [4.78, 5) is 12.2. The van der Waals surface area contributed by atoms with Gasteiger partial charge in [0.1, 0.15) is 6.61 Å². The first-order chi connectivity index (χ1) is 9.29. The van der Waals surface area contributed by atoms with Gasteiger partial charge >= 0.3 is 5.97 Å². The van der Waals surface area contributed by atoms with E-state index in [-0.39, 0.29) is 30.5 Å². The number of benzene rings is 1. The van der Waals surface area contributed by atoms with E-state index in [0.717, 1.165) is 12.8 Å². The van der Waals surface area contributed by atoms with E-state index in [0.29, 0.717) is 6.10 Å². The molecule has 1 aromatic rings. The van der Waals surface area contributed by atoms with Crippen molar-refractivity contribution in [1.29, 1.82) is 0 Å². The van der Waals surface area contributed by atoms with E-state index in [4.69, 9.17) is 9.47 Å². The van der Waals surface area contributed by atoms with Crippen LogP contribution in [0.4, 0.5) is 0 Å². The molecule has 1 aromatic carbocycles. The molecule has 0 radical (unpaired) electrons. The number of ether oxygens (including phenoxy) is 2. The molecule has 0 aromatic heterocycles. The van der Waals surface area contributed by atoms with E-state index in [1.165, 1.54) is 5.56 Å². The smallest absolute Gasteiger partial charge is 0.309 e. The lowest BCUT2D eigenvalue weighted by molar-refractivity contribution is -0.148. The topological polar surface area (TPSA) is 38.8 Å². The van der Waals surface area contributed by atoms with Gasteiger partial charge in [0, 0.05) is 0 Å². The molecule has 1 saturated carbocycles. The average molecular weight is 258 g/mol. The van der Waals surface area contributed by atoms with Gasteiger partial charge in [-0.1, -0.05) is 43.0 Å². The maximum atomic E-state index is 12.2. The molecule has 0 amide bonds. The van der Waals surface area contributed by atoms with Crippen LogP contribution in [-0.2, 0) is 14.3 Å². The zero-order valence-corrected chi connectivity index (χ0v) is 10.8.